The van der Waals surface area contributed by atoms with Crippen LogP contribution in [0.1, 0.15) is 36.4 Å². The van der Waals surface area contributed by atoms with Gasteiger partial charge in [0.1, 0.15) is 18.2 Å². The number of aliphatic hydroxyl groups is 1. The normalized spacial score (nSPS) is 26.7. The molecule has 7 atom stereocenters. The van der Waals surface area contributed by atoms with Gasteiger partial charge in [0.2, 0.25) is 17.7 Å². The quantitative estimate of drug-likeness (QED) is 0.167. The van der Waals surface area contributed by atoms with Crippen molar-refractivity contribution in [3.05, 3.63) is 97.1 Å². The average molecular weight is 695 g/mol. The number of hydrogen-bond acceptors (Lipinski definition) is 7. The Morgan fingerprint density at radius 3 is 2.48 bits per heavy atom. The van der Waals surface area contributed by atoms with Crippen LogP contribution < -0.4 is 5.32 Å². The number of allylic oxidation sites excluding steroid dienone is 1. The molecule has 0 radical (unpaired) electrons. The first-order chi connectivity index (χ1) is 22.2. The number of halogens is 1. The Morgan fingerprint density at radius 1 is 1.13 bits per heavy atom. The number of alkyl halides is 1. The summed E-state index contributed by atoms with van der Waals surface area (Å²) in [6, 6.07) is 16.9. The van der Waals surface area contributed by atoms with E-state index in [0.29, 0.717) is 19.4 Å². The predicted octanol–water partition coefficient (Wildman–Crippen LogP) is 3.31. The van der Waals surface area contributed by atoms with E-state index in [2.05, 4.69) is 34.4 Å². The van der Waals surface area contributed by atoms with Crippen LogP contribution in [0.15, 0.2) is 86.0 Å². The number of rotatable bonds is 15. The van der Waals surface area contributed by atoms with Crippen LogP contribution in [0.3, 0.4) is 0 Å². The lowest BCUT2D eigenvalue weighted by atomic mass is 9.70. The molecule has 0 aliphatic carbocycles. The van der Waals surface area contributed by atoms with Crippen molar-refractivity contribution in [2.75, 3.05) is 26.3 Å². The lowest BCUT2D eigenvalue weighted by Gasteiger charge is -2.37. The second-order valence-corrected chi connectivity index (χ2v) is 13.1. The number of ether oxygens (including phenoxy) is 2. The van der Waals surface area contributed by atoms with Crippen molar-refractivity contribution < 1.29 is 33.8 Å². The number of hydrogen-bond donors (Lipinski definition) is 2. The van der Waals surface area contributed by atoms with Gasteiger partial charge in [0.25, 0.3) is 0 Å². The number of esters is 1. The molecule has 0 saturated carbocycles. The van der Waals surface area contributed by atoms with Crippen LogP contribution in [0.2, 0.25) is 0 Å². The van der Waals surface area contributed by atoms with Crippen LogP contribution in [0.5, 0.6) is 0 Å². The molecule has 46 heavy (non-hydrogen) atoms. The maximum absolute atomic E-state index is 14.4. The molecule has 0 aromatic heterocycles. The molecule has 1 spiro atoms. The van der Waals surface area contributed by atoms with Crippen LogP contribution in [-0.4, -0.2) is 87.5 Å². The molecule has 2 N–H and O–H groups in total. The molecule has 244 valence electrons. The zero-order valence-corrected chi connectivity index (χ0v) is 27.2. The van der Waals surface area contributed by atoms with Gasteiger partial charge in [-0.05, 0) is 24.0 Å². The minimum atomic E-state index is -1.28. The Labute approximate surface area is 277 Å². The second kappa shape index (κ2) is 14.7. The van der Waals surface area contributed by atoms with Crippen molar-refractivity contribution in [3.63, 3.8) is 0 Å². The molecule has 5 rings (SSSR count). The van der Waals surface area contributed by atoms with Crippen LogP contribution in [0.25, 0.3) is 0 Å². The van der Waals surface area contributed by atoms with Gasteiger partial charge in [-0.25, -0.2) is 0 Å². The van der Waals surface area contributed by atoms with E-state index in [4.69, 9.17) is 9.47 Å². The highest BCUT2D eigenvalue weighted by Crippen LogP contribution is 2.60. The molecule has 2 bridgehead atoms. The van der Waals surface area contributed by atoms with Crippen LogP contribution >= 0.6 is 15.9 Å². The lowest BCUT2D eigenvalue weighted by molar-refractivity contribution is -0.149. The number of carbonyl (C=O) groups excluding carboxylic acids is 4. The van der Waals surface area contributed by atoms with Crippen molar-refractivity contribution in [2.45, 2.75) is 54.4 Å². The number of nitrogens with one attached hydrogen (secondary N) is 1. The maximum Gasteiger partial charge on any atom is 0.306 e. The summed E-state index contributed by atoms with van der Waals surface area (Å²) in [5.41, 5.74) is 0.365. The number of aliphatic hydroxyl groups excluding tert-OH is 1. The molecular weight excluding hydrogens is 654 g/mol. The highest BCUT2D eigenvalue weighted by molar-refractivity contribution is 9.09. The molecule has 3 aliphatic heterocycles. The first kappa shape index (κ1) is 33.6. The molecule has 11 heteroatoms. The van der Waals surface area contributed by atoms with E-state index < -0.39 is 53.4 Å². The number of benzene rings is 2. The molecule has 2 aromatic carbocycles. The molecule has 2 aromatic rings. The molecule has 3 amide bonds. The molecule has 3 fully saturated rings. The van der Waals surface area contributed by atoms with Crippen LogP contribution in [0.4, 0.5) is 0 Å². The molecule has 10 nitrogen and oxygen atoms in total. The molecule has 3 saturated heterocycles. The van der Waals surface area contributed by atoms with Crippen molar-refractivity contribution in [3.8, 4) is 0 Å². The average Bonchev–Trinajstić information content (AvgIpc) is 3.65. The summed E-state index contributed by atoms with van der Waals surface area (Å²) in [6.07, 6.45) is 3.58. The smallest absolute Gasteiger partial charge is 0.306 e. The van der Waals surface area contributed by atoms with Gasteiger partial charge in [0.05, 0.1) is 30.6 Å². The number of carbonyl (C=O) groups is 4. The van der Waals surface area contributed by atoms with Gasteiger partial charge in [-0.15, -0.1) is 13.2 Å². The minimum absolute atomic E-state index is 0.0800. The SMILES string of the molecule is C=CCCC(=O)OC[C@@H](NC(=O)[C@H]1[C@@H]2O[C@@]3(CC2Br)[C@@H]1C(=O)N(CCO)[C@@H]3C(=O)N(CC=C)Cc1ccccc1)c1ccccc1. The fourth-order valence-corrected chi connectivity index (χ4v) is 8.01. The van der Waals surface area contributed by atoms with E-state index in [0.717, 1.165) is 11.1 Å². The van der Waals surface area contributed by atoms with E-state index in [9.17, 15) is 24.3 Å². The number of amides is 3. The number of fused-ring (bicyclic) bond motifs is 1. The van der Waals surface area contributed by atoms with E-state index in [1.54, 1.807) is 17.1 Å². The summed E-state index contributed by atoms with van der Waals surface area (Å²) < 4.78 is 12.1. The van der Waals surface area contributed by atoms with Gasteiger partial charge >= 0.3 is 5.97 Å². The fraction of sp³-hybridized carbons (Fsp3) is 0.429. The summed E-state index contributed by atoms with van der Waals surface area (Å²) in [7, 11) is 0. The second-order valence-electron chi connectivity index (χ2n) is 11.9. The third-order valence-electron chi connectivity index (χ3n) is 9.03. The first-order valence-electron chi connectivity index (χ1n) is 15.5. The summed E-state index contributed by atoms with van der Waals surface area (Å²) >= 11 is 3.69. The fourth-order valence-electron chi connectivity index (χ4n) is 7.06. The van der Waals surface area contributed by atoms with Crippen LogP contribution in [0, 0.1) is 11.8 Å². The molecule has 3 aliphatic rings. The maximum atomic E-state index is 14.4. The van der Waals surface area contributed by atoms with Crippen molar-refractivity contribution in [1.29, 1.82) is 0 Å². The van der Waals surface area contributed by atoms with E-state index in [1.807, 2.05) is 60.7 Å². The van der Waals surface area contributed by atoms with Crippen LogP contribution in [-0.2, 0) is 35.2 Å². The molecule has 3 heterocycles. The summed E-state index contributed by atoms with van der Waals surface area (Å²) in [4.78, 5) is 57.8. The predicted molar refractivity (Wildman–Crippen MR) is 174 cm³/mol. The van der Waals surface area contributed by atoms with Gasteiger partial charge in [-0.3, -0.25) is 19.2 Å². The summed E-state index contributed by atoms with van der Waals surface area (Å²) in [6.45, 7) is 7.46. The Balaban J connectivity index is 1.44. The summed E-state index contributed by atoms with van der Waals surface area (Å²) in [5, 5.41) is 13.0. The zero-order chi connectivity index (χ0) is 32.8. The lowest BCUT2D eigenvalue weighted by Crippen LogP contribution is -2.57. The Kier molecular flexibility index (Phi) is 10.8. The van der Waals surface area contributed by atoms with E-state index in [1.165, 1.54) is 4.90 Å². The van der Waals surface area contributed by atoms with Gasteiger partial charge in [-0.2, -0.15) is 0 Å². The highest BCUT2D eigenvalue weighted by Gasteiger charge is 2.76. The van der Waals surface area contributed by atoms with Crippen molar-refractivity contribution in [1.82, 2.24) is 15.1 Å². The third kappa shape index (κ3) is 6.54. The van der Waals surface area contributed by atoms with Crippen molar-refractivity contribution >= 4 is 39.6 Å². The standard InChI is InChI=1S/C35H40BrN3O7/c1-3-5-16-27(41)45-22-26(24-14-10-7-11-15-24)37-32(42)28-29-33(43)39(18-19-40)31(35(29)20-25(36)30(28)46-35)34(44)38(17-4-2)21-23-12-8-6-9-13-23/h3-4,6-15,25-26,28-31,40H,1-2,5,16-22H2,(H,37,42)/t25?,26-,28-,29+,30-,31-,35+/m1/s1. The Hall–Kier alpha value is -3.80. The van der Waals surface area contributed by atoms with Gasteiger partial charge in [0, 0.05) is 30.9 Å². The molecular formula is C35H40BrN3O7. The largest absolute Gasteiger partial charge is 0.463 e. The van der Waals surface area contributed by atoms with Gasteiger partial charge < -0.3 is 29.7 Å². The number of β-amino-alcohol motifs (C(OH)–C–C–N with tert-alkyl or cyclic N) is 1. The van der Waals surface area contributed by atoms with E-state index >= 15 is 0 Å². The zero-order valence-electron chi connectivity index (χ0n) is 25.6. The van der Waals surface area contributed by atoms with Crippen molar-refractivity contribution in [2.24, 2.45) is 11.8 Å². The number of nitrogens with zero attached hydrogens (tertiary/aromatic N) is 2. The summed E-state index contributed by atoms with van der Waals surface area (Å²) in [5.74, 6) is -3.45. The third-order valence-corrected chi connectivity index (χ3v) is 9.87. The Bertz CT molecular complexity index is 1440. The minimum Gasteiger partial charge on any atom is -0.463 e. The topological polar surface area (TPSA) is 125 Å². The number of likely N-dealkylation sites (tertiary alicyclic amines) is 1. The first-order valence-corrected chi connectivity index (χ1v) is 16.5. The highest BCUT2D eigenvalue weighted by atomic mass is 79.9. The van der Waals surface area contributed by atoms with Gasteiger partial charge in [0.15, 0.2) is 0 Å². The Morgan fingerprint density at radius 2 is 1.83 bits per heavy atom. The molecule has 1 unspecified atom stereocenters. The van der Waals surface area contributed by atoms with Gasteiger partial charge in [-0.1, -0.05) is 88.7 Å². The van der Waals surface area contributed by atoms with E-state index in [-0.39, 0.29) is 43.5 Å². The monoisotopic (exact) mass is 693 g/mol.